The van der Waals surface area contributed by atoms with Crippen LogP contribution in [0.4, 0.5) is 4.39 Å². The number of carbonyl (C=O) groups is 1. The summed E-state index contributed by atoms with van der Waals surface area (Å²) in [4.78, 5) is 24.0. The Morgan fingerprint density at radius 1 is 1.24 bits per heavy atom. The summed E-state index contributed by atoms with van der Waals surface area (Å²) in [5, 5.41) is 3.98. The zero-order valence-corrected chi connectivity index (χ0v) is 16.6. The van der Waals surface area contributed by atoms with Crippen molar-refractivity contribution in [1.82, 2.24) is 20.0 Å². The average molecular weight is 394 g/mol. The Labute approximate surface area is 168 Å². The largest absolute Gasteiger partial charge is 0.356 e. The molecule has 7 heteroatoms. The second-order valence-corrected chi connectivity index (χ2v) is 7.45. The molecule has 1 aliphatic rings. The first kappa shape index (κ1) is 19.2. The molecule has 1 saturated heterocycles. The summed E-state index contributed by atoms with van der Waals surface area (Å²) >= 11 is 0. The van der Waals surface area contributed by atoms with Crippen molar-refractivity contribution in [3.8, 4) is 11.3 Å². The Balaban J connectivity index is 1.66. The van der Waals surface area contributed by atoms with Crippen LogP contribution in [0.5, 0.6) is 0 Å². The first-order valence-corrected chi connectivity index (χ1v) is 9.82. The predicted molar refractivity (Wildman–Crippen MR) is 105 cm³/mol. The molecule has 0 aliphatic carbocycles. The van der Waals surface area contributed by atoms with E-state index in [-0.39, 0.29) is 24.2 Å². The van der Waals surface area contributed by atoms with Crippen LogP contribution in [0.15, 0.2) is 41.1 Å². The summed E-state index contributed by atoms with van der Waals surface area (Å²) in [6.07, 6.45) is 4.77. The van der Waals surface area contributed by atoms with E-state index in [2.05, 4.69) is 10.1 Å². The Morgan fingerprint density at radius 3 is 2.76 bits per heavy atom. The summed E-state index contributed by atoms with van der Waals surface area (Å²) in [7, 11) is 0. The lowest BCUT2D eigenvalue weighted by Crippen LogP contribution is -2.40. The lowest BCUT2D eigenvalue weighted by atomic mass is 9.94. The summed E-state index contributed by atoms with van der Waals surface area (Å²) < 4.78 is 18.6. The lowest BCUT2D eigenvalue weighted by molar-refractivity contribution is -0.134. The highest BCUT2D eigenvalue weighted by atomic mass is 19.1. The summed E-state index contributed by atoms with van der Waals surface area (Å²) in [6, 6.07) is 7.78. The molecule has 1 fully saturated rings. The van der Waals surface area contributed by atoms with Crippen molar-refractivity contribution in [3.05, 3.63) is 65.1 Å². The molecule has 0 unspecified atom stereocenters. The van der Waals surface area contributed by atoms with Crippen LogP contribution in [0, 0.1) is 19.7 Å². The standard InChI is InChI=1S/C22H23FN4O2/c1-14-11-20(29-26-14)18-13-24-15(2)25-22(18)19-5-3-4-10-27(19)21(28)12-16-6-8-17(23)9-7-16/h6-9,11,13,19H,3-5,10,12H2,1-2H3/t19-/m1/s1. The number of aryl methyl sites for hydroxylation is 2. The van der Waals surface area contributed by atoms with E-state index in [0.29, 0.717) is 18.1 Å². The molecular weight excluding hydrogens is 371 g/mol. The Kier molecular flexibility index (Phi) is 5.38. The highest BCUT2D eigenvalue weighted by molar-refractivity contribution is 5.79. The Bertz CT molecular complexity index is 1020. The van der Waals surface area contributed by atoms with E-state index in [0.717, 1.165) is 41.8 Å². The van der Waals surface area contributed by atoms with Gasteiger partial charge in [-0.15, -0.1) is 0 Å². The summed E-state index contributed by atoms with van der Waals surface area (Å²) in [5.74, 6) is 0.961. The normalized spacial score (nSPS) is 16.8. The predicted octanol–water partition coefficient (Wildman–Crippen LogP) is 4.18. The molecule has 0 spiro atoms. The number of benzene rings is 1. The fraction of sp³-hybridized carbons (Fsp3) is 0.364. The first-order valence-electron chi connectivity index (χ1n) is 9.82. The van der Waals surface area contributed by atoms with Gasteiger partial charge in [-0.2, -0.15) is 0 Å². The van der Waals surface area contributed by atoms with Crippen molar-refractivity contribution < 1.29 is 13.7 Å². The molecule has 150 valence electrons. The minimum Gasteiger partial charge on any atom is -0.356 e. The number of likely N-dealkylation sites (tertiary alicyclic amines) is 1. The zero-order valence-electron chi connectivity index (χ0n) is 16.6. The molecule has 3 aromatic rings. The lowest BCUT2D eigenvalue weighted by Gasteiger charge is -2.36. The number of aromatic nitrogens is 3. The Morgan fingerprint density at radius 2 is 2.03 bits per heavy atom. The van der Waals surface area contributed by atoms with Gasteiger partial charge in [0.2, 0.25) is 5.91 Å². The number of hydrogen-bond acceptors (Lipinski definition) is 5. The van der Waals surface area contributed by atoms with Crippen LogP contribution in [-0.4, -0.2) is 32.5 Å². The van der Waals surface area contributed by atoms with Crippen LogP contribution >= 0.6 is 0 Å². The molecule has 29 heavy (non-hydrogen) atoms. The average Bonchev–Trinajstić information content (AvgIpc) is 3.15. The van der Waals surface area contributed by atoms with Gasteiger partial charge in [0.15, 0.2) is 5.76 Å². The zero-order chi connectivity index (χ0) is 20.4. The van der Waals surface area contributed by atoms with Gasteiger partial charge < -0.3 is 9.42 Å². The van der Waals surface area contributed by atoms with E-state index in [1.165, 1.54) is 12.1 Å². The van der Waals surface area contributed by atoms with E-state index in [1.54, 1.807) is 18.3 Å². The highest BCUT2D eigenvalue weighted by Crippen LogP contribution is 2.36. The van der Waals surface area contributed by atoms with Gasteiger partial charge in [0.1, 0.15) is 11.6 Å². The third-order valence-corrected chi connectivity index (χ3v) is 5.24. The third-order valence-electron chi connectivity index (χ3n) is 5.24. The van der Waals surface area contributed by atoms with E-state index >= 15 is 0 Å². The summed E-state index contributed by atoms with van der Waals surface area (Å²) in [6.45, 7) is 4.37. The monoisotopic (exact) mass is 394 g/mol. The quantitative estimate of drug-likeness (QED) is 0.664. The maximum absolute atomic E-state index is 13.2. The molecule has 4 rings (SSSR count). The van der Waals surface area contributed by atoms with E-state index in [9.17, 15) is 9.18 Å². The van der Waals surface area contributed by atoms with Crippen molar-refractivity contribution in [2.75, 3.05) is 6.54 Å². The van der Waals surface area contributed by atoms with Gasteiger partial charge in [-0.25, -0.2) is 14.4 Å². The molecule has 0 radical (unpaired) electrons. The maximum Gasteiger partial charge on any atom is 0.227 e. The smallest absolute Gasteiger partial charge is 0.227 e. The van der Waals surface area contributed by atoms with Crippen molar-refractivity contribution in [1.29, 1.82) is 0 Å². The molecule has 1 aliphatic heterocycles. The van der Waals surface area contributed by atoms with Crippen LogP contribution in [0.1, 0.15) is 48.1 Å². The minimum atomic E-state index is -0.305. The number of piperidine rings is 1. The number of rotatable bonds is 4. The van der Waals surface area contributed by atoms with E-state index in [4.69, 9.17) is 9.51 Å². The van der Waals surface area contributed by atoms with Gasteiger partial charge in [0.25, 0.3) is 0 Å². The SMILES string of the molecule is Cc1cc(-c2cnc(C)nc2[C@H]2CCCCN2C(=O)Cc2ccc(F)cc2)on1. The molecule has 1 atom stereocenters. The van der Waals surface area contributed by atoms with E-state index in [1.807, 2.05) is 24.8 Å². The number of halogens is 1. The molecule has 0 bridgehead atoms. The molecule has 0 N–H and O–H groups in total. The van der Waals surface area contributed by atoms with Gasteiger partial charge in [-0.3, -0.25) is 4.79 Å². The minimum absolute atomic E-state index is 0.0114. The molecule has 0 saturated carbocycles. The molecule has 6 nitrogen and oxygen atoms in total. The fourth-order valence-electron chi connectivity index (χ4n) is 3.81. The van der Waals surface area contributed by atoms with Crippen LogP contribution in [0.25, 0.3) is 11.3 Å². The molecule has 3 heterocycles. The van der Waals surface area contributed by atoms with Gasteiger partial charge in [-0.05, 0) is 50.8 Å². The number of amides is 1. The highest BCUT2D eigenvalue weighted by Gasteiger charge is 2.32. The van der Waals surface area contributed by atoms with Gasteiger partial charge in [-0.1, -0.05) is 17.3 Å². The second kappa shape index (κ2) is 8.11. The van der Waals surface area contributed by atoms with E-state index < -0.39 is 0 Å². The number of hydrogen-bond donors (Lipinski definition) is 0. The fourth-order valence-corrected chi connectivity index (χ4v) is 3.81. The van der Waals surface area contributed by atoms with Crippen LogP contribution in [0.2, 0.25) is 0 Å². The van der Waals surface area contributed by atoms with Gasteiger partial charge >= 0.3 is 0 Å². The Hall–Kier alpha value is -3.09. The second-order valence-electron chi connectivity index (χ2n) is 7.45. The van der Waals surface area contributed by atoms with Crippen molar-refractivity contribution >= 4 is 5.91 Å². The van der Waals surface area contributed by atoms with Gasteiger partial charge in [0.05, 0.1) is 29.4 Å². The molecule has 2 aromatic heterocycles. The van der Waals surface area contributed by atoms with Crippen LogP contribution in [-0.2, 0) is 11.2 Å². The van der Waals surface area contributed by atoms with Crippen LogP contribution in [0.3, 0.4) is 0 Å². The molecule has 1 amide bonds. The molecular formula is C22H23FN4O2. The van der Waals surface area contributed by atoms with Gasteiger partial charge in [0, 0.05) is 18.8 Å². The molecule has 1 aromatic carbocycles. The maximum atomic E-state index is 13.2. The van der Waals surface area contributed by atoms with Crippen molar-refractivity contribution in [3.63, 3.8) is 0 Å². The summed E-state index contributed by atoms with van der Waals surface area (Å²) in [5.41, 5.74) is 3.13. The number of nitrogens with zero attached hydrogens (tertiary/aromatic N) is 4. The van der Waals surface area contributed by atoms with Crippen molar-refractivity contribution in [2.24, 2.45) is 0 Å². The topological polar surface area (TPSA) is 72.1 Å². The van der Waals surface area contributed by atoms with Crippen molar-refractivity contribution in [2.45, 2.75) is 45.6 Å². The number of carbonyl (C=O) groups excluding carboxylic acids is 1. The van der Waals surface area contributed by atoms with Crippen LogP contribution < -0.4 is 0 Å². The first-order chi connectivity index (χ1) is 14.0. The third kappa shape index (κ3) is 4.18.